The van der Waals surface area contributed by atoms with Crippen molar-refractivity contribution in [2.24, 2.45) is 7.05 Å². The number of methoxy groups -OCH3 is 1. The molecule has 2 N–H and O–H groups in total. The SMILES string of the molecule is CNC(C(=O)NC1CCN(c2sccc2C(=O)OC)C1=O)c1cnn(C)c1.Cl. The number of carbonyl (C=O) groups is 3. The zero-order valence-electron chi connectivity index (χ0n) is 15.7. The molecule has 152 valence electrons. The maximum Gasteiger partial charge on any atom is 0.340 e. The summed E-state index contributed by atoms with van der Waals surface area (Å²) in [6, 6.07) is 0.385. The summed E-state index contributed by atoms with van der Waals surface area (Å²) < 4.78 is 6.37. The second-order valence-corrected chi connectivity index (χ2v) is 7.03. The van der Waals surface area contributed by atoms with Crippen LogP contribution in [0.5, 0.6) is 0 Å². The third kappa shape index (κ3) is 4.18. The smallest absolute Gasteiger partial charge is 0.340 e. The molecule has 9 nitrogen and oxygen atoms in total. The number of hydrogen-bond acceptors (Lipinski definition) is 7. The third-order valence-electron chi connectivity index (χ3n) is 4.43. The second kappa shape index (κ2) is 9.18. The van der Waals surface area contributed by atoms with Crippen LogP contribution >= 0.6 is 23.7 Å². The van der Waals surface area contributed by atoms with Crippen molar-refractivity contribution in [1.29, 1.82) is 0 Å². The normalized spacial score (nSPS) is 17.2. The molecule has 0 aromatic carbocycles. The first-order valence-electron chi connectivity index (χ1n) is 8.39. The minimum atomic E-state index is -0.641. The lowest BCUT2D eigenvalue weighted by Gasteiger charge is -2.19. The molecule has 0 radical (unpaired) electrons. The number of halogens is 1. The van der Waals surface area contributed by atoms with E-state index >= 15 is 0 Å². The summed E-state index contributed by atoms with van der Waals surface area (Å²) in [5, 5.41) is 12.1. The minimum absolute atomic E-state index is 0. The molecule has 2 unspecified atom stereocenters. The number of aromatic nitrogens is 2. The number of carbonyl (C=O) groups excluding carboxylic acids is 3. The maximum atomic E-state index is 12.8. The first-order chi connectivity index (χ1) is 13.0. The van der Waals surface area contributed by atoms with Gasteiger partial charge in [0.1, 0.15) is 17.1 Å². The van der Waals surface area contributed by atoms with Gasteiger partial charge in [-0.15, -0.1) is 23.7 Å². The van der Waals surface area contributed by atoms with Crippen molar-refractivity contribution < 1.29 is 19.1 Å². The van der Waals surface area contributed by atoms with Crippen LogP contribution < -0.4 is 15.5 Å². The van der Waals surface area contributed by atoms with E-state index < -0.39 is 18.1 Å². The lowest BCUT2D eigenvalue weighted by Crippen LogP contribution is -2.45. The van der Waals surface area contributed by atoms with E-state index in [9.17, 15) is 14.4 Å². The van der Waals surface area contributed by atoms with Crippen molar-refractivity contribution in [3.63, 3.8) is 0 Å². The van der Waals surface area contributed by atoms with Gasteiger partial charge >= 0.3 is 5.97 Å². The molecule has 28 heavy (non-hydrogen) atoms. The molecule has 1 fully saturated rings. The van der Waals surface area contributed by atoms with E-state index in [1.54, 1.807) is 42.6 Å². The molecule has 2 atom stereocenters. The van der Waals surface area contributed by atoms with Gasteiger partial charge in [-0.05, 0) is 24.9 Å². The summed E-state index contributed by atoms with van der Waals surface area (Å²) in [5.74, 6) is -1.03. The summed E-state index contributed by atoms with van der Waals surface area (Å²) in [6.45, 7) is 0.422. The van der Waals surface area contributed by atoms with Crippen LogP contribution in [0, 0.1) is 0 Å². The molecule has 3 rings (SSSR count). The van der Waals surface area contributed by atoms with E-state index in [2.05, 4.69) is 15.7 Å². The molecular weight excluding hydrogens is 406 g/mol. The number of amides is 2. The molecule has 1 aliphatic rings. The van der Waals surface area contributed by atoms with Crippen LogP contribution in [0.25, 0.3) is 0 Å². The van der Waals surface area contributed by atoms with Gasteiger partial charge in [-0.3, -0.25) is 14.3 Å². The van der Waals surface area contributed by atoms with Crippen LogP contribution in [-0.2, 0) is 21.4 Å². The Hall–Kier alpha value is -2.43. The molecular formula is C17H22ClN5O4S. The van der Waals surface area contributed by atoms with E-state index in [0.29, 0.717) is 29.1 Å². The number of hydrogen-bond donors (Lipinski definition) is 2. The van der Waals surface area contributed by atoms with Gasteiger partial charge in [-0.1, -0.05) is 0 Å². The Morgan fingerprint density at radius 1 is 1.43 bits per heavy atom. The Bertz CT molecular complexity index is 867. The summed E-state index contributed by atoms with van der Waals surface area (Å²) in [5.41, 5.74) is 1.07. The Kier molecular flexibility index (Phi) is 7.17. The zero-order chi connectivity index (χ0) is 19.6. The molecule has 2 amide bonds. The van der Waals surface area contributed by atoms with Crippen LogP contribution in [0.15, 0.2) is 23.8 Å². The van der Waals surface area contributed by atoms with E-state index in [1.807, 2.05) is 0 Å². The van der Waals surface area contributed by atoms with Crippen LogP contribution in [0.4, 0.5) is 5.00 Å². The third-order valence-corrected chi connectivity index (χ3v) is 5.36. The molecule has 3 heterocycles. The van der Waals surface area contributed by atoms with Crippen LogP contribution in [0.2, 0.25) is 0 Å². The molecule has 0 spiro atoms. The summed E-state index contributed by atoms with van der Waals surface area (Å²) in [4.78, 5) is 38.8. The van der Waals surface area contributed by atoms with E-state index in [4.69, 9.17) is 4.74 Å². The highest BCUT2D eigenvalue weighted by Crippen LogP contribution is 2.32. The van der Waals surface area contributed by atoms with E-state index in [-0.39, 0.29) is 24.2 Å². The number of nitrogens with one attached hydrogen (secondary N) is 2. The first kappa shape index (κ1) is 21.9. The van der Waals surface area contributed by atoms with Crippen molar-refractivity contribution in [3.8, 4) is 0 Å². The molecule has 11 heteroatoms. The van der Waals surface area contributed by atoms with Gasteiger partial charge in [0.2, 0.25) is 11.8 Å². The lowest BCUT2D eigenvalue weighted by molar-refractivity contribution is -0.127. The molecule has 0 aliphatic carbocycles. The standard InChI is InChI=1S/C17H21N5O4S.ClH/c1-18-13(10-8-19-21(2)9-10)14(23)20-12-4-6-22(15(12)24)16-11(5-7-27-16)17(25)26-3;/h5,7-9,12-13,18H,4,6H2,1-3H3,(H,20,23);1H. The average Bonchev–Trinajstić information content (AvgIpc) is 3.37. The van der Waals surface area contributed by atoms with Gasteiger partial charge in [0.25, 0.3) is 0 Å². The number of thiophene rings is 1. The Balaban J connectivity index is 0.00000280. The molecule has 0 bridgehead atoms. The highest BCUT2D eigenvalue weighted by Gasteiger charge is 2.37. The highest BCUT2D eigenvalue weighted by atomic mass is 35.5. The number of nitrogens with zero attached hydrogens (tertiary/aromatic N) is 3. The minimum Gasteiger partial charge on any atom is -0.465 e. The predicted molar refractivity (Wildman–Crippen MR) is 107 cm³/mol. The van der Waals surface area contributed by atoms with E-state index in [1.165, 1.54) is 23.3 Å². The monoisotopic (exact) mass is 427 g/mol. The number of esters is 1. The Morgan fingerprint density at radius 3 is 2.79 bits per heavy atom. The zero-order valence-corrected chi connectivity index (χ0v) is 17.3. The van der Waals surface area contributed by atoms with Gasteiger partial charge < -0.3 is 20.3 Å². The first-order valence-corrected chi connectivity index (χ1v) is 9.27. The lowest BCUT2D eigenvalue weighted by atomic mass is 10.1. The number of rotatable bonds is 6. The number of anilines is 1. The fraction of sp³-hybridized carbons (Fsp3) is 0.412. The molecule has 0 saturated carbocycles. The topological polar surface area (TPSA) is 106 Å². The van der Waals surface area contributed by atoms with Gasteiger partial charge in [-0.2, -0.15) is 5.10 Å². The fourth-order valence-corrected chi connectivity index (χ4v) is 4.00. The van der Waals surface area contributed by atoms with Gasteiger partial charge in [0.05, 0.1) is 18.9 Å². The Morgan fingerprint density at radius 2 is 2.18 bits per heavy atom. The van der Waals surface area contributed by atoms with Crippen molar-refractivity contribution in [3.05, 3.63) is 35.0 Å². The van der Waals surface area contributed by atoms with Gasteiger partial charge in [0.15, 0.2) is 0 Å². The van der Waals surface area contributed by atoms with Crippen molar-refractivity contribution in [1.82, 2.24) is 20.4 Å². The molecule has 2 aromatic rings. The molecule has 2 aromatic heterocycles. The maximum absolute atomic E-state index is 12.8. The van der Waals surface area contributed by atoms with Gasteiger partial charge in [-0.25, -0.2) is 4.79 Å². The summed E-state index contributed by atoms with van der Waals surface area (Å²) >= 11 is 1.29. The summed E-state index contributed by atoms with van der Waals surface area (Å²) in [7, 11) is 4.75. The van der Waals surface area contributed by atoms with Crippen molar-refractivity contribution >= 4 is 46.5 Å². The molecule has 1 aliphatic heterocycles. The van der Waals surface area contributed by atoms with Crippen molar-refractivity contribution in [2.45, 2.75) is 18.5 Å². The molecule has 1 saturated heterocycles. The largest absolute Gasteiger partial charge is 0.465 e. The summed E-state index contributed by atoms with van der Waals surface area (Å²) in [6.07, 6.45) is 3.82. The quantitative estimate of drug-likeness (QED) is 0.663. The Labute approximate surface area is 172 Å². The van der Waals surface area contributed by atoms with Gasteiger partial charge in [0, 0.05) is 25.4 Å². The van der Waals surface area contributed by atoms with E-state index in [0.717, 1.165) is 0 Å². The van der Waals surface area contributed by atoms with Crippen LogP contribution in [-0.4, -0.2) is 54.3 Å². The number of aryl methyl sites for hydroxylation is 1. The van der Waals surface area contributed by atoms with Crippen LogP contribution in [0.3, 0.4) is 0 Å². The van der Waals surface area contributed by atoms with Crippen molar-refractivity contribution in [2.75, 3.05) is 25.6 Å². The number of ether oxygens (including phenoxy) is 1. The number of likely N-dealkylation sites (N-methyl/N-ethyl adjacent to an activating group) is 1. The highest BCUT2D eigenvalue weighted by molar-refractivity contribution is 7.14. The second-order valence-electron chi connectivity index (χ2n) is 6.14. The average molecular weight is 428 g/mol. The van der Waals surface area contributed by atoms with Crippen LogP contribution in [0.1, 0.15) is 28.4 Å². The predicted octanol–water partition coefficient (Wildman–Crippen LogP) is 0.872. The fourth-order valence-electron chi connectivity index (χ4n) is 3.08.